The molecular formula is C13H24N2O. The zero-order chi connectivity index (χ0) is 11.7. The summed E-state index contributed by atoms with van der Waals surface area (Å²) in [5, 5.41) is 3.36. The number of carbonyl (C=O) groups excluding carboxylic acids is 1. The molecule has 0 spiro atoms. The minimum Gasteiger partial charge on any atom is -0.338 e. The van der Waals surface area contributed by atoms with Gasteiger partial charge in [0.1, 0.15) is 0 Å². The fourth-order valence-electron chi connectivity index (χ4n) is 2.84. The van der Waals surface area contributed by atoms with Gasteiger partial charge in [-0.3, -0.25) is 4.79 Å². The smallest absolute Gasteiger partial charge is 0.240 e. The summed E-state index contributed by atoms with van der Waals surface area (Å²) in [6, 6.07) is 0.927. The molecule has 1 amide bonds. The van der Waals surface area contributed by atoms with Crippen LogP contribution in [0.1, 0.15) is 46.5 Å². The van der Waals surface area contributed by atoms with Crippen molar-refractivity contribution in [2.45, 2.75) is 64.6 Å². The molecule has 16 heavy (non-hydrogen) atoms. The molecule has 3 nitrogen and oxygen atoms in total. The fourth-order valence-corrected chi connectivity index (χ4v) is 2.84. The molecule has 2 rings (SSSR count). The number of nitrogens with one attached hydrogen (secondary N) is 1. The van der Waals surface area contributed by atoms with Crippen LogP contribution < -0.4 is 5.32 Å². The maximum absolute atomic E-state index is 12.2. The van der Waals surface area contributed by atoms with Crippen molar-refractivity contribution >= 4 is 5.91 Å². The van der Waals surface area contributed by atoms with E-state index in [0.717, 1.165) is 18.9 Å². The Balaban J connectivity index is 1.90. The molecule has 0 bridgehead atoms. The summed E-state index contributed by atoms with van der Waals surface area (Å²) in [5.74, 6) is 1.09. The predicted octanol–water partition coefficient (Wildman–Crippen LogP) is 1.77. The lowest BCUT2D eigenvalue weighted by atomic mass is 9.80. The molecule has 1 heterocycles. The van der Waals surface area contributed by atoms with Gasteiger partial charge in [0.25, 0.3) is 0 Å². The summed E-state index contributed by atoms with van der Waals surface area (Å²) in [6.07, 6.45) is 4.96. The van der Waals surface area contributed by atoms with Crippen molar-refractivity contribution in [2.75, 3.05) is 6.54 Å². The molecular weight excluding hydrogens is 200 g/mol. The van der Waals surface area contributed by atoms with E-state index < -0.39 is 0 Å². The van der Waals surface area contributed by atoms with Gasteiger partial charge < -0.3 is 10.2 Å². The Hall–Kier alpha value is -0.570. The van der Waals surface area contributed by atoms with Crippen LogP contribution >= 0.6 is 0 Å². The largest absolute Gasteiger partial charge is 0.338 e. The van der Waals surface area contributed by atoms with Crippen molar-refractivity contribution in [1.29, 1.82) is 0 Å². The van der Waals surface area contributed by atoms with E-state index in [1.807, 2.05) is 0 Å². The number of hydrogen-bond acceptors (Lipinski definition) is 2. The van der Waals surface area contributed by atoms with E-state index >= 15 is 0 Å². The molecule has 0 radical (unpaired) electrons. The van der Waals surface area contributed by atoms with Crippen LogP contribution in [0.25, 0.3) is 0 Å². The summed E-state index contributed by atoms with van der Waals surface area (Å²) in [7, 11) is 0. The lowest BCUT2D eigenvalue weighted by Gasteiger charge is -2.37. The second-order valence-corrected chi connectivity index (χ2v) is 5.63. The Morgan fingerprint density at radius 2 is 1.94 bits per heavy atom. The molecule has 2 atom stereocenters. The van der Waals surface area contributed by atoms with E-state index in [0.29, 0.717) is 18.0 Å². The highest BCUT2D eigenvalue weighted by Crippen LogP contribution is 2.33. The molecule has 1 aliphatic heterocycles. The second kappa shape index (κ2) is 4.74. The third kappa shape index (κ3) is 2.24. The van der Waals surface area contributed by atoms with Crippen molar-refractivity contribution in [3.05, 3.63) is 0 Å². The van der Waals surface area contributed by atoms with Crippen LogP contribution in [0.2, 0.25) is 0 Å². The van der Waals surface area contributed by atoms with Gasteiger partial charge >= 0.3 is 0 Å². The normalized spacial score (nSPS) is 28.6. The third-order valence-electron chi connectivity index (χ3n) is 4.10. The monoisotopic (exact) mass is 224 g/mol. The number of rotatable bonds is 4. The minimum atomic E-state index is 0.0718. The van der Waals surface area contributed by atoms with Gasteiger partial charge in [0.05, 0.1) is 6.04 Å². The topological polar surface area (TPSA) is 32.3 Å². The summed E-state index contributed by atoms with van der Waals surface area (Å²) < 4.78 is 0. The lowest BCUT2D eigenvalue weighted by Crippen LogP contribution is -2.47. The van der Waals surface area contributed by atoms with Gasteiger partial charge in [-0.15, -0.1) is 0 Å². The third-order valence-corrected chi connectivity index (χ3v) is 4.10. The van der Waals surface area contributed by atoms with Crippen molar-refractivity contribution < 1.29 is 4.79 Å². The molecule has 0 aromatic carbocycles. The van der Waals surface area contributed by atoms with Gasteiger partial charge in [-0.2, -0.15) is 0 Å². The van der Waals surface area contributed by atoms with Gasteiger partial charge in [0.2, 0.25) is 5.91 Å². The van der Waals surface area contributed by atoms with Crippen LogP contribution in [0.5, 0.6) is 0 Å². The van der Waals surface area contributed by atoms with Gasteiger partial charge in [0.15, 0.2) is 0 Å². The Kier molecular flexibility index (Phi) is 3.53. The highest BCUT2D eigenvalue weighted by molar-refractivity contribution is 5.84. The second-order valence-electron chi connectivity index (χ2n) is 5.63. The molecule has 0 aromatic heterocycles. The van der Waals surface area contributed by atoms with E-state index in [2.05, 4.69) is 31.0 Å². The average molecular weight is 224 g/mol. The highest BCUT2D eigenvalue weighted by Gasteiger charge is 2.38. The number of nitrogens with zero attached hydrogens (tertiary/aromatic N) is 1. The summed E-state index contributed by atoms with van der Waals surface area (Å²) in [6.45, 7) is 7.37. The SMILES string of the molecule is CC(C)NC1CCN(C(C)C2CCC2)C1=O. The van der Waals surface area contributed by atoms with E-state index in [9.17, 15) is 4.79 Å². The molecule has 1 N–H and O–H groups in total. The molecule has 2 unspecified atom stereocenters. The number of amides is 1. The van der Waals surface area contributed by atoms with Gasteiger partial charge in [-0.1, -0.05) is 20.3 Å². The molecule has 2 aliphatic rings. The first-order valence-corrected chi connectivity index (χ1v) is 6.66. The van der Waals surface area contributed by atoms with E-state index in [1.54, 1.807) is 0 Å². The summed E-state index contributed by atoms with van der Waals surface area (Å²) in [5.41, 5.74) is 0. The molecule has 2 fully saturated rings. The van der Waals surface area contributed by atoms with E-state index in [-0.39, 0.29) is 6.04 Å². The van der Waals surface area contributed by atoms with Gasteiger partial charge in [-0.25, -0.2) is 0 Å². The first-order valence-electron chi connectivity index (χ1n) is 6.66. The molecule has 3 heteroatoms. The van der Waals surface area contributed by atoms with Gasteiger partial charge in [0, 0.05) is 18.6 Å². The van der Waals surface area contributed by atoms with Crippen LogP contribution in [0.4, 0.5) is 0 Å². The molecule has 92 valence electrons. The Morgan fingerprint density at radius 1 is 1.25 bits per heavy atom. The highest BCUT2D eigenvalue weighted by atomic mass is 16.2. The lowest BCUT2D eigenvalue weighted by molar-refractivity contribution is -0.132. The first kappa shape index (κ1) is 11.9. The van der Waals surface area contributed by atoms with Crippen molar-refractivity contribution in [1.82, 2.24) is 10.2 Å². The Morgan fingerprint density at radius 3 is 2.44 bits per heavy atom. The van der Waals surface area contributed by atoms with Crippen LogP contribution in [0.15, 0.2) is 0 Å². The van der Waals surface area contributed by atoms with Gasteiger partial charge in [-0.05, 0) is 32.1 Å². The number of hydrogen-bond donors (Lipinski definition) is 1. The molecule has 1 saturated heterocycles. The number of carbonyl (C=O) groups is 1. The molecule has 1 saturated carbocycles. The van der Waals surface area contributed by atoms with Crippen molar-refractivity contribution in [2.24, 2.45) is 5.92 Å². The predicted molar refractivity (Wildman–Crippen MR) is 65.2 cm³/mol. The zero-order valence-electron chi connectivity index (χ0n) is 10.7. The van der Waals surface area contributed by atoms with Crippen LogP contribution in [0, 0.1) is 5.92 Å². The maximum atomic E-state index is 12.2. The Labute approximate surface area is 98.6 Å². The van der Waals surface area contributed by atoms with Crippen LogP contribution in [0.3, 0.4) is 0 Å². The zero-order valence-corrected chi connectivity index (χ0v) is 10.7. The van der Waals surface area contributed by atoms with Crippen LogP contribution in [-0.4, -0.2) is 35.5 Å². The quantitative estimate of drug-likeness (QED) is 0.789. The molecule has 1 aliphatic carbocycles. The average Bonchev–Trinajstić information content (AvgIpc) is 2.44. The minimum absolute atomic E-state index is 0.0718. The molecule has 0 aromatic rings. The standard InChI is InChI=1S/C13H24N2O/c1-9(2)14-12-7-8-15(13(12)16)10(3)11-5-4-6-11/h9-12,14H,4-8H2,1-3H3. The fraction of sp³-hybridized carbons (Fsp3) is 0.923. The van der Waals surface area contributed by atoms with Crippen molar-refractivity contribution in [3.8, 4) is 0 Å². The van der Waals surface area contributed by atoms with Crippen molar-refractivity contribution in [3.63, 3.8) is 0 Å². The summed E-state index contributed by atoms with van der Waals surface area (Å²) >= 11 is 0. The number of likely N-dealkylation sites (tertiary alicyclic amines) is 1. The summed E-state index contributed by atoms with van der Waals surface area (Å²) in [4.78, 5) is 14.3. The Bertz CT molecular complexity index is 261. The van der Waals surface area contributed by atoms with E-state index in [1.165, 1.54) is 19.3 Å². The van der Waals surface area contributed by atoms with E-state index in [4.69, 9.17) is 0 Å². The van der Waals surface area contributed by atoms with Crippen LogP contribution in [-0.2, 0) is 4.79 Å². The maximum Gasteiger partial charge on any atom is 0.240 e. The first-order chi connectivity index (χ1) is 7.59.